The minimum atomic E-state index is -1.70. The number of halogens is 1. The lowest BCUT2D eigenvalue weighted by molar-refractivity contribution is -0.384. The standard InChI is InChI=1S/C21H17ClN4O6/c22-13-1-3-14(4-2-13)25-19(28)21(18(27)23-20(25)29)10-12-9-15(26(30)31)5-6-16(12)24-7-8-32-11-17(21)24/h1-6,9,17H,7-8,10-11H2,(H,23,27,29)/t17-,21+/m0/s1. The SMILES string of the molecule is O=C1NC(=O)[C@]2(Cc3cc([N+](=O)[O-])ccc3N3CCOC[C@H]32)C(=O)N1c1ccc(Cl)cc1. The summed E-state index contributed by atoms with van der Waals surface area (Å²) < 4.78 is 5.62. The smallest absolute Gasteiger partial charge is 0.335 e. The average Bonchev–Trinajstić information content (AvgIpc) is 2.78. The van der Waals surface area contributed by atoms with Gasteiger partial charge in [0.15, 0.2) is 5.41 Å². The van der Waals surface area contributed by atoms with Crippen LogP contribution in [0.3, 0.4) is 0 Å². The minimum Gasteiger partial charge on any atom is -0.377 e. The Balaban J connectivity index is 1.66. The van der Waals surface area contributed by atoms with Crippen LogP contribution in [0.25, 0.3) is 0 Å². The van der Waals surface area contributed by atoms with Gasteiger partial charge in [0, 0.05) is 35.8 Å². The van der Waals surface area contributed by atoms with Gasteiger partial charge in [-0.2, -0.15) is 0 Å². The van der Waals surface area contributed by atoms with Crippen molar-refractivity contribution in [3.05, 3.63) is 63.2 Å². The maximum absolute atomic E-state index is 13.9. The number of hydrogen-bond donors (Lipinski definition) is 1. The van der Waals surface area contributed by atoms with Crippen LogP contribution in [0.1, 0.15) is 5.56 Å². The fraction of sp³-hybridized carbons (Fsp3) is 0.286. The van der Waals surface area contributed by atoms with E-state index in [1.165, 1.54) is 36.4 Å². The van der Waals surface area contributed by atoms with E-state index >= 15 is 0 Å². The number of non-ortho nitro benzene ring substituents is 1. The molecule has 1 spiro atoms. The summed E-state index contributed by atoms with van der Waals surface area (Å²) in [5.41, 5.74) is -0.371. The molecule has 4 amide bonds. The second-order valence-corrected chi connectivity index (χ2v) is 8.32. The van der Waals surface area contributed by atoms with E-state index in [4.69, 9.17) is 16.3 Å². The minimum absolute atomic E-state index is 0.0955. The van der Waals surface area contributed by atoms with Gasteiger partial charge in [-0.05, 0) is 35.9 Å². The Hall–Kier alpha value is -3.50. The number of carbonyl (C=O) groups is 3. The largest absolute Gasteiger partial charge is 0.377 e. The number of urea groups is 1. The van der Waals surface area contributed by atoms with Gasteiger partial charge in [-0.15, -0.1) is 0 Å². The number of amides is 4. The molecule has 0 unspecified atom stereocenters. The monoisotopic (exact) mass is 456 g/mol. The van der Waals surface area contributed by atoms with Gasteiger partial charge in [-0.3, -0.25) is 25.0 Å². The molecule has 0 bridgehead atoms. The number of carbonyl (C=O) groups excluding carboxylic acids is 3. The maximum Gasteiger partial charge on any atom is 0.335 e. The van der Waals surface area contributed by atoms with Gasteiger partial charge < -0.3 is 9.64 Å². The Kier molecular flexibility index (Phi) is 4.64. The van der Waals surface area contributed by atoms with E-state index in [1.54, 1.807) is 6.07 Å². The maximum atomic E-state index is 13.9. The number of fused-ring (bicyclic) bond motifs is 4. The normalized spacial score (nSPS) is 24.8. The van der Waals surface area contributed by atoms with Gasteiger partial charge in [0.05, 0.1) is 29.9 Å². The molecule has 164 valence electrons. The first-order valence-electron chi connectivity index (χ1n) is 9.90. The lowest BCUT2D eigenvalue weighted by Gasteiger charge is -2.53. The Morgan fingerprint density at radius 3 is 2.62 bits per heavy atom. The van der Waals surface area contributed by atoms with Gasteiger partial charge in [0.25, 0.3) is 11.6 Å². The molecule has 32 heavy (non-hydrogen) atoms. The van der Waals surface area contributed by atoms with Crippen LogP contribution < -0.4 is 15.1 Å². The highest BCUT2D eigenvalue weighted by molar-refractivity contribution is 6.32. The van der Waals surface area contributed by atoms with Crippen molar-refractivity contribution in [2.45, 2.75) is 12.5 Å². The van der Waals surface area contributed by atoms with Crippen LogP contribution >= 0.6 is 11.6 Å². The molecule has 0 saturated carbocycles. The van der Waals surface area contributed by atoms with Crippen molar-refractivity contribution in [3.8, 4) is 0 Å². The number of hydrogen-bond acceptors (Lipinski definition) is 7. The molecule has 2 saturated heterocycles. The molecular weight excluding hydrogens is 440 g/mol. The highest BCUT2D eigenvalue weighted by Crippen LogP contribution is 2.46. The third kappa shape index (κ3) is 2.87. The zero-order chi connectivity index (χ0) is 22.6. The van der Waals surface area contributed by atoms with E-state index in [0.717, 1.165) is 4.90 Å². The third-order valence-electron chi connectivity index (χ3n) is 6.25. The van der Waals surface area contributed by atoms with Crippen molar-refractivity contribution < 1.29 is 24.0 Å². The molecule has 3 aliphatic rings. The number of nitro benzene ring substituents is 1. The number of nitro groups is 1. The van der Waals surface area contributed by atoms with Crippen LogP contribution in [-0.2, 0) is 20.7 Å². The summed E-state index contributed by atoms with van der Waals surface area (Å²) in [6, 6.07) is 8.97. The Morgan fingerprint density at radius 1 is 1.16 bits per heavy atom. The molecule has 1 N–H and O–H groups in total. The van der Waals surface area contributed by atoms with Crippen molar-refractivity contribution >= 4 is 46.5 Å². The molecule has 3 aliphatic heterocycles. The molecule has 2 aromatic rings. The predicted molar refractivity (Wildman–Crippen MR) is 114 cm³/mol. The summed E-state index contributed by atoms with van der Waals surface area (Å²) in [6.45, 7) is 0.865. The summed E-state index contributed by atoms with van der Waals surface area (Å²) in [7, 11) is 0. The number of benzene rings is 2. The van der Waals surface area contributed by atoms with E-state index in [2.05, 4.69) is 5.32 Å². The van der Waals surface area contributed by atoms with Gasteiger partial charge in [0.1, 0.15) is 0 Å². The summed E-state index contributed by atoms with van der Waals surface area (Å²) in [5, 5.41) is 14.1. The van der Waals surface area contributed by atoms with Crippen molar-refractivity contribution in [1.29, 1.82) is 0 Å². The summed E-state index contributed by atoms with van der Waals surface area (Å²) in [6.07, 6.45) is -0.101. The highest BCUT2D eigenvalue weighted by Gasteiger charge is 2.63. The van der Waals surface area contributed by atoms with Crippen molar-refractivity contribution in [2.24, 2.45) is 5.41 Å². The molecule has 10 nitrogen and oxygen atoms in total. The van der Waals surface area contributed by atoms with Gasteiger partial charge in [-0.25, -0.2) is 9.69 Å². The van der Waals surface area contributed by atoms with Gasteiger partial charge in [0.2, 0.25) is 5.91 Å². The number of barbiturate groups is 1. The van der Waals surface area contributed by atoms with E-state index in [-0.39, 0.29) is 24.4 Å². The Labute approximate surface area is 186 Å². The van der Waals surface area contributed by atoms with Crippen LogP contribution in [0.5, 0.6) is 0 Å². The number of imide groups is 2. The van der Waals surface area contributed by atoms with Crippen LogP contribution in [0.15, 0.2) is 42.5 Å². The molecule has 2 aromatic carbocycles. The third-order valence-corrected chi connectivity index (χ3v) is 6.50. The molecule has 2 fully saturated rings. The summed E-state index contributed by atoms with van der Waals surface area (Å²) >= 11 is 5.94. The van der Waals surface area contributed by atoms with Crippen LogP contribution in [-0.4, -0.2) is 48.6 Å². The predicted octanol–water partition coefficient (Wildman–Crippen LogP) is 2.28. The van der Waals surface area contributed by atoms with Crippen LogP contribution in [0.2, 0.25) is 5.02 Å². The molecule has 0 aliphatic carbocycles. The number of morpholine rings is 1. The molecule has 3 heterocycles. The lowest BCUT2D eigenvalue weighted by Crippen LogP contribution is -2.74. The second kappa shape index (κ2) is 7.28. The molecule has 2 atom stereocenters. The zero-order valence-electron chi connectivity index (χ0n) is 16.6. The van der Waals surface area contributed by atoms with Gasteiger partial charge in [-0.1, -0.05) is 11.6 Å². The van der Waals surface area contributed by atoms with E-state index in [9.17, 15) is 24.5 Å². The van der Waals surface area contributed by atoms with E-state index in [1.807, 2.05) is 4.90 Å². The topological polar surface area (TPSA) is 122 Å². The molecule has 5 rings (SSSR count). The lowest BCUT2D eigenvalue weighted by atomic mass is 9.68. The number of nitrogens with one attached hydrogen (secondary N) is 1. The molecule has 0 aromatic heterocycles. The Bertz CT molecular complexity index is 1170. The second-order valence-electron chi connectivity index (χ2n) is 7.88. The summed E-state index contributed by atoms with van der Waals surface area (Å²) in [5.74, 6) is -1.44. The van der Waals surface area contributed by atoms with Crippen molar-refractivity contribution in [3.63, 3.8) is 0 Å². The first-order valence-corrected chi connectivity index (χ1v) is 10.3. The molecule has 11 heteroatoms. The van der Waals surface area contributed by atoms with Crippen LogP contribution in [0, 0.1) is 15.5 Å². The Morgan fingerprint density at radius 2 is 1.91 bits per heavy atom. The number of rotatable bonds is 2. The molecule has 0 radical (unpaired) electrons. The van der Waals surface area contributed by atoms with Crippen molar-refractivity contribution in [2.75, 3.05) is 29.6 Å². The van der Waals surface area contributed by atoms with E-state index in [0.29, 0.717) is 29.4 Å². The van der Waals surface area contributed by atoms with E-state index < -0.39 is 34.2 Å². The fourth-order valence-corrected chi connectivity index (χ4v) is 4.88. The number of ether oxygens (including phenoxy) is 1. The van der Waals surface area contributed by atoms with Gasteiger partial charge >= 0.3 is 6.03 Å². The fourth-order valence-electron chi connectivity index (χ4n) is 4.75. The van der Waals surface area contributed by atoms with Crippen molar-refractivity contribution in [1.82, 2.24) is 5.32 Å². The first-order chi connectivity index (χ1) is 15.3. The highest BCUT2D eigenvalue weighted by atomic mass is 35.5. The number of anilines is 2. The zero-order valence-corrected chi connectivity index (χ0v) is 17.4. The quantitative estimate of drug-likeness (QED) is 0.418. The average molecular weight is 457 g/mol. The first kappa shape index (κ1) is 20.4. The van der Waals surface area contributed by atoms with Crippen LogP contribution in [0.4, 0.5) is 21.9 Å². The summed E-state index contributed by atoms with van der Waals surface area (Å²) in [4.78, 5) is 53.5. The molecular formula is C21H17ClN4O6. The number of nitrogens with zero attached hydrogens (tertiary/aromatic N) is 3.